The molecule has 0 spiro atoms. The first-order chi connectivity index (χ1) is 9.93. The van der Waals surface area contributed by atoms with Crippen LogP contribution in [0.5, 0.6) is 11.5 Å². The third-order valence-corrected chi connectivity index (χ3v) is 5.50. The Morgan fingerprint density at radius 1 is 1.24 bits per heavy atom. The molecule has 120 valence electrons. The number of rotatable bonds is 9. The molecule has 0 aliphatic heterocycles. The minimum atomic E-state index is -2.96. The summed E-state index contributed by atoms with van der Waals surface area (Å²) in [5, 5.41) is 0. The molecule has 0 aromatic heterocycles. The summed E-state index contributed by atoms with van der Waals surface area (Å²) in [5.41, 5.74) is 0.924. The number of benzene rings is 1. The number of ether oxygens (including phenoxy) is 2. The smallest absolute Gasteiger partial charge is 0.175 e. The molecule has 0 saturated carbocycles. The first-order valence-corrected chi connectivity index (χ1v) is 9.92. The number of hydrogen-bond donors (Lipinski definition) is 0. The van der Waals surface area contributed by atoms with Gasteiger partial charge in [0.1, 0.15) is 9.84 Å². The summed E-state index contributed by atoms with van der Waals surface area (Å²) in [7, 11) is -2.96. The van der Waals surface area contributed by atoms with Gasteiger partial charge in [0.05, 0.1) is 23.4 Å². The predicted molar refractivity (Wildman–Crippen MR) is 89.3 cm³/mol. The summed E-state index contributed by atoms with van der Waals surface area (Å²) >= 11 is 9.26. The molecule has 1 aromatic carbocycles. The molecule has 0 N–H and O–H groups in total. The van der Waals surface area contributed by atoms with E-state index < -0.39 is 9.84 Å². The Bertz CT molecular complexity index is 560. The van der Waals surface area contributed by atoms with E-state index in [4.69, 9.17) is 21.1 Å². The second-order valence-corrected chi connectivity index (χ2v) is 8.00. The van der Waals surface area contributed by atoms with Crippen LogP contribution in [0.25, 0.3) is 0 Å². The van der Waals surface area contributed by atoms with E-state index in [2.05, 4.69) is 15.9 Å². The largest absolute Gasteiger partial charge is 0.490 e. The van der Waals surface area contributed by atoms with Gasteiger partial charge in [0, 0.05) is 11.6 Å². The molecule has 7 heteroatoms. The zero-order valence-corrected chi connectivity index (χ0v) is 15.4. The molecule has 0 saturated heterocycles. The Morgan fingerprint density at radius 3 is 2.52 bits per heavy atom. The maximum Gasteiger partial charge on any atom is 0.175 e. The molecule has 0 fully saturated rings. The van der Waals surface area contributed by atoms with Crippen LogP contribution in [-0.2, 0) is 15.7 Å². The first-order valence-electron chi connectivity index (χ1n) is 6.77. The Labute approximate surface area is 139 Å². The Morgan fingerprint density at radius 2 is 1.95 bits per heavy atom. The van der Waals surface area contributed by atoms with Gasteiger partial charge in [0.25, 0.3) is 0 Å². The maximum absolute atomic E-state index is 11.4. The van der Waals surface area contributed by atoms with Crippen LogP contribution in [-0.4, -0.2) is 33.1 Å². The fraction of sp³-hybridized carbons (Fsp3) is 0.571. The van der Waals surface area contributed by atoms with E-state index in [1.54, 1.807) is 6.92 Å². The lowest BCUT2D eigenvalue weighted by molar-refractivity contribution is 0.275. The fourth-order valence-corrected chi connectivity index (χ4v) is 3.30. The van der Waals surface area contributed by atoms with Gasteiger partial charge in [-0.15, -0.1) is 11.6 Å². The lowest BCUT2D eigenvalue weighted by Crippen LogP contribution is -2.12. The van der Waals surface area contributed by atoms with Crippen molar-refractivity contribution >= 4 is 37.4 Å². The van der Waals surface area contributed by atoms with Crippen molar-refractivity contribution in [3.05, 3.63) is 22.2 Å². The van der Waals surface area contributed by atoms with Crippen LogP contribution in [0.1, 0.15) is 25.8 Å². The molecule has 21 heavy (non-hydrogen) atoms. The molecule has 0 radical (unpaired) electrons. The molecule has 0 aliphatic rings. The van der Waals surface area contributed by atoms with Crippen molar-refractivity contribution in [3.63, 3.8) is 0 Å². The van der Waals surface area contributed by atoms with Crippen molar-refractivity contribution in [2.75, 3.05) is 24.7 Å². The van der Waals surface area contributed by atoms with E-state index in [0.717, 1.165) is 10.0 Å². The summed E-state index contributed by atoms with van der Waals surface area (Å²) in [6.07, 6.45) is 0.450. The monoisotopic (exact) mass is 398 g/mol. The van der Waals surface area contributed by atoms with Crippen molar-refractivity contribution in [1.82, 2.24) is 0 Å². The zero-order chi connectivity index (χ0) is 15.9. The summed E-state index contributed by atoms with van der Waals surface area (Å²) < 4.78 is 34.8. The van der Waals surface area contributed by atoms with Crippen LogP contribution >= 0.6 is 27.5 Å². The summed E-state index contributed by atoms with van der Waals surface area (Å²) in [5.74, 6) is 1.87. The van der Waals surface area contributed by atoms with E-state index in [9.17, 15) is 8.42 Å². The van der Waals surface area contributed by atoms with Crippen molar-refractivity contribution in [3.8, 4) is 11.5 Å². The molecule has 0 bridgehead atoms. The third-order valence-electron chi connectivity index (χ3n) is 2.81. The standard InChI is InChI=1S/C14H20BrClO4S/c1-3-19-13-9-11(10-16)8-12(15)14(13)20-6-5-7-21(17,18)4-2/h8-9H,3-7,10H2,1-2H3. The topological polar surface area (TPSA) is 52.6 Å². The van der Waals surface area contributed by atoms with Crippen LogP contribution in [0.15, 0.2) is 16.6 Å². The molecule has 4 nitrogen and oxygen atoms in total. The average molecular weight is 400 g/mol. The molecular formula is C14H20BrClO4S. The van der Waals surface area contributed by atoms with Crippen LogP contribution in [0, 0.1) is 0 Å². The van der Waals surface area contributed by atoms with Crippen molar-refractivity contribution < 1.29 is 17.9 Å². The van der Waals surface area contributed by atoms with E-state index in [1.807, 2.05) is 19.1 Å². The minimum Gasteiger partial charge on any atom is -0.490 e. The van der Waals surface area contributed by atoms with Gasteiger partial charge < -0.3 is 9.47 Å². The Balaban J connectivity index is 2.73. The molecule has 0 amide bonds. The van der Waals surface area contributed by atoms with Gasteiger partial charge in [0.2, 0.25) is 0 Å². The zero-order valence-electron chi connectivity index (χ0n) is 12.2. The number of alkyl halides is 1. The number of sulfone groups is 1. The second kappa shape index (κ2) is 8.86. The molecular weight excluding hydrogens is 380 g/mol. The van der Waals surface area contributed by atoms with Crippen molar-refractivity contribution in [2.24, 2.45) is 0 Å². The summed E-state index contributed by atoms with van der Waals surface area (Å²) in [6.45, 7) is 4.36. The van der Waals surface area contributed by atoms with Gasteiger partial charge in [-0.25, -0.2) is 8.42 Å². The molecule has 0 unspecified atom stereocenters. The van der Waals surface area contributed by atoms with E-state index in [1.165, 1.54) is 0 Å². The van der Waals surface area contributed by atoms with Gasteiger partial charge in [-0.3, -0.25) is 0 Å². The van der Waals surface area contributed by atoms with Crippen LogP contribution < -0.4 is 9.47 Å². The number of halogens is 2. The van der Waals surface area contributed by atoms with Gasteiger partial charge in [0.15, 0.2) is 11.5 Å². The van der Waals surface area contributed by atoms with E-state index in [0.29, 0.717) is 37.0 Å². The van der Waals surface area contributed by atoms with Crippen LogP contribution in [0.4, 0.5) is 0 Å². The van der Waals surface area contributed by atoms with Gasteiger partial charge >= 0.3 is 0 Å². The molecule has 1 rings (SSSR count). The Hall–Kier alpha value is -0.460. The second-order valence-electron chi connectivity index (χ2n) is 4.41. The van der Waals surface area contributed by atoms with Gasteiger partial charge in [-0.1, -0.05) is 6.92 Å². The fourth-order valence-electron chi connectivity index (χ4n) is 1.70. The van der Waals surface area contributed by atoms with Gasteiger partial charge in [-0.05, 0) is 47.0 Å². The van der Waals surface area contributed by atoms with Gasteiger partial charge in [-0.2, -0.15) is 0 Å². The number of hydrogen-bond acceptors (Lipinski definition) is 4. The highest BCUT2D eigenvalue weighted by atomic mass is 79.9. The lowest BCUT2D eigenvalue weighted by Gasteiger charge is -2.15. The molecule has 1 aromatic rings. The highest BCUT2D eigenvalue weighted by molar-refractivity contribution is 9.10. The van der Waals surface area contributed by atoms with E-state index >= 15 is 0 Å². The summed E-state index contributed by atoms with van der Waals surface area (Å²) in [6, 6.07) is 3.70. The van der Waals surface area contributed by atoms with Crippen molar-refractivity contribution in [1.29, 1.82) is 0 Å². The van der Waals surface area contributed by atoms with Crippen LogP contribution in [0.3, 0.4) is 0 Å². The Kier molecular flexibility index (Phi) is 7.84. The molecule has 0 aliphatic carbocycles. The predicted octanol–water partition coefficient (Wildman–Crippen LogP) is 3.79. The van der Waals surface area contributed by atoms with E-state index in [-0.39, 0.29) is 11.5 Å². The molecule has 0 atom stereocenters. The highest BCUT2D eigenvalue weighted by Crippen LogP contribution is 2.37. The molecule has 0 heterocycles. The quantitative estimate of drug-likeness (QED) is 0.468. The minimum absolute atomic E-state index is 0.130. The van der Waals surface area contributed by atoms with Crippen LogP contribution in [0.2, 0.25) is 0 Å². The highest BCUT2D eigenvalue weighted by Gasteiger charge is 2.13. The first kappa shape index (κ1) is 18.6. The normalized spacial score (nSPS) is 11.4. The average Bonchev–Trinajstić information content (AvgIpc) is 2.45. The lowest BCUT2D eigenvalue weighted by atomic mass is 10.2. The summed E-state index contributed by atoms with van der Waals surface area (Å²) in [4.78, 5) is 0. The van der Waals surface area contributed by atoms with Crippen molar-refractivity contribution in [2.45, 2.75) is 26.1 Å². The third kappa shape index (κ3) is 6.04. The maximum atomic E-state index is 11.4. The SMILES string of the molecule is CCOc1cc(CCl)cc(Br)c1OCCCS(=O)(=O)CC.